The molecule has 0 radical (unpaired) electrons. The Kier molecular flexibility index (Phi) is 5.88. The number of ether oxygens (including phenoxy) is 1. The first kappa shape index (κ1) is 18.8. The molecule has 0 aliphatic carbocycles. The van der Waals surface area contributed by atoms with Crippen molar-refractivity contribution in [1.29, 1.82) is 0 Å². The Morgan fingerprint density at radius 3 is 2.62 bits per heavy atom. The minimum absolute atomic E-state index is 0.258. The fraction of sp³-hybridized carbons (Fsp3) is 0.263. The number of hydrogen-bond acceptors (Lipinski definition) is 4. The molecule has 2 aromatic rings. The number of anilines is 1. The zero-order chi connectivity index (χ0) is 18.7. The standard InChI is InChI=1S/C19H19BrN2O3S/c1-25-19(24)22-10-9-12-3-4-13(20)11-16(12)17(22)18(23)21-14-5-7-15(26-2)8-6-14/h3-8,11,17H,9-10H2,1-2H3,(H,21,23). The van der Waals surface area contributed by atoms with Crippen molar-refractivity contribution in [3.05, 3.63) is 58.1 Å². The highest BCUT2D eigenvalue weighted by Crippen LogP contribution is 2.33. The maximum atomic E-state index is 13.0. The smallest absolute Gasteiger partial charge is 0.410 e. The molecule has 0 spiro atoms. The molecule has 5 nitrogen and oxygen atoms in total. The van der Waals surface area contributed by atoms with Crippen LogP contribution in [0.15, 0.2) is 51.8 Å². The normalized spacial score (nSPS) is 16.0. The molecule has 1 N–H and O–H groups in total. The number of hydrogen-bond donors (Lipinski definition) is 1. The Morgan fingerprint density at radius 1 is 1.23 bits per heavy atom. The molecule has 3 rings (SSSR count). The number of carbonyl (C=O) groups is 2. The summed E-state index contributed by atoms with van der Waals surface area (Å²) in [5.41, 5.74) is 2.57. The summed E-state index contributed by atoms with van der Waals surface area (Å²) < 4.78 is 5.75. The van der Waals surface area contributed by atoms with E-state index < -0.39 is 12.1 Å². The van der Waals surface area contributed by atoms with Crippen LogP contribution in [0.3, 0.4) is 0 Å². The number of fused-ring (bicyclic) bond motifs is 1. The van der Waals surface area contributed by atoms with Gasteiger partial charge in [-0.15, -0.1) is 11.8 Å². The van der Waals surface area contributed by atoms with Crippen LogP contribution in [0.2, 0.25) is 0 Å². The van der Waals surface area contributed by atoms with Gasteiger partial charge >= 0.3 is 6.09 Å². The predicted octanol–water partition coefficient (Wildman–Crippen LogP) is 4.48. The van der Waals surface area contributed by atoms with Gasteiger partial charge in [0.1, 0.15) is 6.04 Å². The number of benzene rings is 2. The van der Waals surface area contributed by atoms with Crippen molar-refractivity contribution in [3.63, 3.8) is 0 Å². The predicted molar refractivity (Wildman–Crippen MR) is 107 cm³/mol. The third kappa shape index (κ3) is 3.88. The number of nitrogens with zero attached hydrogens (tertiary/aromatic N) is 1. The first-order valence-corrected chi connectivity index (χ1v) is 10.1. The second kappa shape index (κ2) is 8.14. The van der Waals surface area contributed by atoms with E-state index in [2.05, 4.69) is 21.2 Å². The van der Waals surface area contributed by atoms with Crippen molar-refractivity contribution >= 4 is 45.4 Å². The number of thioether (sulfide) groups is 1. The topological polar surface area (TPSA) is 58.6 Å². The third-order valence-corrected chi connectivity index (χ3v) is 5.59. The summed E-state index contributed by atoms with van der Waals surface area (Å²) >= 11 is 5.09. The Morgan fingerprint density at radius 2 is 1.96 bits per heavy atom. The third-order valence-electron chi connectivity index (χ3n) is 4.35. The molecular weight excluding hydrogens is 416 g/mol. The molecule has 0 aromatic heterocycles. The summed E-state index contributed by atoms with van der Waals surface area (Å²) in [6, 6.07) is 12.7. The lowest BCUT2D eigenvalue weighted by Crippen LogP contribution is -2.45. The molecule has 136 valence electrons. The summed E-state index contributed by atoms with van der Waals surface area (Å²) in [4.78, 5) is 27.9. The van der Waals surface area contributed by atoms with E-state index in [-0.39, 0.29) is 5.91 Å². The molecular formula is C19H19BrN2O3S. The molecule has 1 atom stereocenters. The zero-order valence-electron chi connectivity index (χ0n) is 14.5. The van der Waals surface area contributed by atoms with Crippen LogP contribution in [0.4, 0.5) is 10.5 Å². The number of halogens is 1. The van der Waals surface area contributed by atoms with Crippen LogP contribution in [-0.2, 0) is 16.0 Å². The number of nitrogens with one attached hydrogen (secondary N) is 1. The maximum Gasteiger partial charge on any atom is 0.410 e. The van der Waals surface area contributed by atoms with Crippen LogP contribution >= 0.6 is 27.7 Å². The van der Waals surface area contributed by atoms with Gasteiger partial charge in [0.25, 0.3) is 5.91 Å². The van der Waals surface area contributed by atoms with E-state index >= 15 is 0 Å². The maximum absolute atomic E-state index is 13.0. The number of carbonyl (C=O) groups excluding carboxylic acids is 2. The second-order valence-electron chi connectivity index (χ2n) is 5.88. The minimum atomic E-state index is -0.732. The van der Waals surface area contributed by atoms with Crippen LogP contribution in [0, 0.1) is 0 Å². The van der Waals surface area contributed by atoms with Gasteiger partial charge < -0.3 is 10.1 Å². The quantitative estimate of drug-likeness (QED) is 0.723. The van der Waals surface area contributed by atoms with Crippen LogP contribution in [0.5, 0.6) is 0 Å². The summed E-state index contributed by atoms with van der Waals surface area (Å²) in [5.74, 6) is -0.258. The highest BCUT2D eigenvalue weighted by Gasteiger charge is 2.36. The van der Waals surface area contributed by atoms with Gasteiger partial charge in [0.05, 0.1) is 7.11 Å². The fourth-order valence-electron chi connectivity index (χ4n) is 3.07. The minimum Gasteiger partial charge on any atom is -0.453 e. The average molecular weight is 435 g/mol. The van der Waals surface area contributed by atoms with Crippen LogP contribution in [-0.4, -0.2) is 36.8 Å². The van der Waals surface area contributed by atoms with Gasteiger partial charge in [-0.25, -0.2) is 4.79 Å². The molecule has 2 amide bonds. The van der Waals surface area contributed by atoms with Gasteiger partial charge in [0.2, 0.25) is 0 Å². The van der Waals surface area contributed by atoms with E-state index in [1.807, 2.05) is 48.7 Å². The molecule has 1 aliphatic rings. The Balaban J connectivity index is 1.93. The van der Waals surface area contributed by atoms with Gasteiger partial charge in [-0.1, -0.05) is 22.0 Å². The Bertz CT molecular complexity index is 826. The lowest BCUT2D eigenvalue weighted by atomic mass is 9.92. The van der Waals surface area contributed by atoms with E-state index in [1.54, 1.807) is 11.8 Å². The van der Waals surface area contributed by atoms with E-state index in [1.165, 1.54) is 12.0 Å². The van der Waals surface area contributed by atoms with Crippen molar-refractivity contribution in [3.8, 4) is 0 Å². The van der Waals surface area contributed by atoms with E-state index in [0.717, 1.165) is 20.5 Å². The molecule has 7 heteroatoms. The highest BCUT2D eigenvalue weighted by molar-refractivity contribution is 9.10. The number of amides is 2. The largest absolute Gasteiger partial charge is 0.453 e. The lowest BCUT2D eigenvalue weighted by molar-refractivity contribution is -0.121. The van der Waals surface area contributed by atoms with Crippen molar-refractivity contribution in [2.45, 2.75) is 17.4 Å². The first-order valence-electron chi connectivity index (χ1n) is 8.11. The highest BCUT2D eigenvalue weighted by atomic mass is 79.9. The molecule has 0 bridgehead atoms. The van der Waals surface area contributed by atoms with E-state index in [0.29, 0.717) is 18.7 Å². The second-order valence-corrected chi connectivity index (χ2v) is 7.67. The van der Waals surface area contributed by atoms with Crippen LogP contribution in [0.1, 0.15) is 17.2 Å². The summed E-state index contributed by atoms with van der Waals surface area (Å²) in [7, 11) is 1.33. The van der Waals surface area contributed by atoms with E-state index in [4.69, 9.17) is 4.74 Å². The summed E-state index contributed by atoms with van der Waals surface area (Å²) in [6.45, 7) is 0.435. The molecule has 1 aliphatic heterocycles. The SMILES string of the molecule is COC(=O)N1CCc2ccc(Br)cc2C1C(=O)Nc1ccc(SC)cc1. The van der Waals surface area contributed by atoms with Crippen molar-refractivity contribution in [1.82, 2.24) is 4.90 Å². The zero-order valence-corrected chi connectivity index (χ0v) is 16.9. The number of methoxy groups -OCH3 is 1. The van der Waals surface area contributed by atoms with Gasteiger partial charge in [0, 0.05) is 21.6 Å². The molecule has 0 saturated carbocycles. The molecule has 1 unspecified atom stereocenters. The van der Waals surface area contributed by atoms with Gasteiger partial charge in [-0.3, -0.25) is 9.69 Å². The van der Waals surface area contributed by atoms with Gasteiger partial charge in [0.15, 0.2) is 0 Å². The van der Waals surface area contributed by atoms with Gasteiger partial charge in [-0.05, 0) is 60.2 Å². The molecule has 2 aromatic carbocycles. The lowest BCUT2D eigenvalue weighted by Gasteiger charge is -2.35. The molecule has 1 heterocycles. The Hall–Kier alpha value is -1.99. The molecule has 0 saturated heterocycles. The molecule has 0 fully saturated rings. The molecule has 26 heavy (non-hydrogen) atoms. The van der Waals surface area contributed by atoms with Crippen LogP contribution < -0.4 is 5.32 Å². The van der Waals surface area contributed by atoms with Gasteiger partial charge in [-0.2, -0.15) is 0 Å². The Labute approximate surface area is 165 Å². The number of rotatable bonds is 3. The monoisotopic (exact) mass is 434 g/mol. The van der Waals surface area contributed by atoms with Crippen molar-refractivity contribution in [2.24, 2.45) is 0 Å². The van der Waals surface area contributed by atoms with Crippen LogP contribution in [0.25, 0.3) is 0 Å². The first-order chi connectivity index (χ1) is 12.5. The summed E-state index contributed by atoms with van der Waals surface area (Å²) in [6.07, 6.45) is 2.18. The van der Waals surface area contributed by atoms with E-state index in [9.17, 15) is 9.59 Å². The van der Waals surface area contributed by atoms with Crippen molar-refractivity contribution in [2.75, 3.05) is 25.2 Å². The fourth-order valence-corrected chi connectivity index (χ4v) is 3.85. The summed E-state index contributed by atoms with van der Waals surface area (Å²) in [5, 5.41) is 2.92. The average Bonchev–Trinajstić information content (AvgIpc) is 2.66. The van der Waals surface area contributed by atoms with Crippen molar-refractivity contribution < 1.29 is 14.3 Å².